The number of nitrogen functional groups attached to an aromatic ring is 1. The van der Waals surface area contributed by atoms with Crippen LogP contribution in [0.3, 0.4) is 0 Å². The van der Waals surface area contributed by atoms with Gasteiger partial charge in [0.25, 0.3) is 5.91 Å². The number of carbonyl (C=O) groups excluding carboxylic acids is 1. The number of amides is 1. The van der Waals surface area contributed by atoms with Crippen LogP contribution in [0.2, 0.25) is 5.02 Å². The van der Waals surface area contributed by atoms with E-state index in [1.54, 1.807) is 4.90 Å². The summed E-state index contributed by atoms with van der Waals surface area (Å²) >= 11 is 6.03. The number of carbonyl (C=O) groups is 1. The lowest BCUT2D eigenvalue weighted by atomic mass is 10.1. The maximum Gasteiger partial charge on any atom is 0.255 e. The molecular formula is C15H16ClN3O. The van der Waals surface area contributed by atoms with Crippen LogP contribution in [0.5, 0.6) is 0 Å². The van der Waals surface area contributed by atoms with E-state index in [0.717, 1.165) is 5.56 Å². The molecule has 0 aliphatic rings. The quantitative estimate of drug-likeness (QED) is 0.941. The number of anilines is 1. The van der Waals surface area contributed by atoms with Gasteiger partial charge in [-0.05, 0) is 18.6 Å². The van der Waals surface area contributed by atoms with Gasteiger partial charge in [0.1, 0.15) is 5.82 Å². The van der Waals surface area contributed by atoms with Crippen molar-refractivity contribution >= 4 is 23.3 Å². The zero-order chi connectivity index (χ0) is 14.5. The molecule has 2 N–H and O–H groups in total. The first-order valence-corrected chi connectivity index (χ1v) is 6.73. The molecule has 0 saturated carbocycles. The third-order valence-electron chi connectivity index (χ3n) is 2.99. The number of hydrogen-bond donors (Lipinski definition) is 1. The first-order chi connectivity index (χ1) is 9.61. The molecule has 0 spiro atoms. The van der Waals surface area contributed by atoms with Crippen molar-refractivity contribution in [3.63, 3.8) is 0 Å². The molecule has 20 heavy (non-hydrogen) atoms. The number of nitrogens with two attached hydrogens (primary N) is 1. The Labute approximate surface area is 123 Å². The number of nitrogens with zero attached hydrogens (tertiary/aromatic N) is 2. The van der Waals surface area contributed by atoms with E-state index in [9.17, 15) is 4.79 Å². The van der Waals surface area contributed by atoms with Crippen molar-refractivity contribution in [2.75, 3.05) is 12.3 Å². The molecule has 0 radical (unpaired) electrons. The van der Waals surface area contributed by atoms with Crippen molar-refractivity contribution < 1.29 is 4.79 Å². The molecule has 4 nitrogen and oxygen atoms in total. The number of aromatic nitrogens is 1. The Morgan fingerprint density at radius 3 is 2.70 bits per heavy atom. The van der Waals surface area contributed by atoms with Gasteiger partial charge in [0.2, 0.25) is 0 Å². The Kier molecular flexibility index (Phi) is 4.58. The zero-order valence-corrected chi connectivity index (χ0v) is 12.0. The maximum atomic E-state index is 12.5. The smallest absolute Gasteiger partial charge is 0.255 e. The van der Waals surface area contributed by atoms with E-state index < -0.39 is 0 Å². The van der Waals surface area contributed by atoms with Crippen molar-refractivity contribution in [1.82, 2.24) is 9.88 Å². The topological polar surface area (TPSA) is 59.2 Å². The zero-order valence-electron chi connectivity index (χ0n) is 11.2. The molecule has 0 atom stereocenters. The molecule has 104 valence electrons. The summed E-state index contributed by atoms with van der Waals surface area (Å²) < 4.78 is 0. The van der Waals surface area contributed by atoms with Crippen LogP contribution in [0.1, 0.15) is 22.8 Å². The number of pyridine rings is 1. The molecule has 0 saturated heterocycles. The lowest BCUT2D eigenvalue weighted by Gasteiger charge is -2.21. The highest BCUT2D eigenvalue weighted by molar-refractivity contribution is 6.33. The first kappa shape index (κ1) is 14.3. The normalized spacial score (nSPS) is 10.3. The van der Waals surface area contributed by atoms with Crippen molar-refractivity contribution in [2.24, 2.45) is 0 Å². The maximum absolute atomic E-state index is 12.5. The largest absolute Gasteiger partial charge is 0.384 e. The Morgan fingerprint density at radius 1 is 1.35 bits per heavy atom. The van der Waals surface area contributed by atoms with Crippen LogP contribution in [-0.2, 0) is 6.54 Å². The summed E-state index contributed by atoms with van der Waals surface area (Å²) in [6.45, 7) is 3.06. The summed E-state index contributed by atoms with van der Waals surface area (Å²) in [4.78, 5) is 18.1. The van der Waals surface area contributed by atoms with Crippen LogP contribution in [-0.4, -0.2) is 22.3 Å². The van der Waals surface area contributed by atoms with Crippen LogP contribution in [0.4, 0.5) is 5.82 Å². The van der Waals surface area contributed by atoms with Crippen LogP contribution >= 0.6 is 11.6 Å². The number of rotatable bonds is 4. The number of hydrogen-bond acceptors (Lipinski definition) is 3. The second kappa shape index (κ2) is 6.39. The fraction of sp³-hybridized carbons (Fsp3) is 0.200. The fourth-order valence-electron chi connectivity index (χ4n) is 1.92. The molecule has 0 fully saturated rings. The van der Waals surface area contributed by atoms with E-state index in [0.29, 0.717) is 23.7 Å². The first-order valence-electron chi connectivity index (χ1n) is 6.36. The molecule has 0 bridgehead atoms. The van der Waals surface area contributed by atoms with Gasteiger partial charge in [-0.3, -0.25) is 4.79 Å². The standard InChI is InChI=1S/C15H16ClN3O/c1-2-19(10-11-6-4-3-5-7-11)15(20)12-8-14(17)18-9-13(12)16/h3-9H,2,10H2,1H3,(H2,17,18). The Morgan fingerprint density at radius 2 is 2.05 bits per heavy atom. The molecule has 0 unspecified atom stereocenters. The SMILES string of the molecule is CCN(Cc1ccccc1)C(=O)c1cc(N)ncc1Cl. The molecule has 2 aromatic rings. The molecule has 2 rings (SSSR count). The van der Waals surface area contributed by atoms with Crippen molar-refractivity contribution in [1.29, 1.82) is 0 Å². The molecule has 1 aromatic heterocycles. The van der Waals surface area contributed by atoms with Crippen LogP contribution in [0, 0.1) is 0 Å². The van der Waals surface area contributed by atoms with Crippen LogP contribution < -0.4 is 5.73 Å². The lowest BCUT2D eigenvalue weighted by molar-refractivity contribution is 0.0752. The van der Waals surface area contributed by atoms with Crippen molar-refractivity contribution in [2.45, 2.75) is 13.5 Å². The lowest BCUT2D eigenvalue weighted by Crippen LogP contribution is -2.30. The Bertz CT molecular complexity index is 601. The van der Waals surface area contributed by atoms with Gasteiger partial charge in [-0.15, -0.1) is 0 Å². The summed E-state index contributed by atoms with van der Waals surface area (Å²) in [6, 6.07) is 11.3. The molecule has 1 amide bonds. The molecule has 1 heterocycles. The average molecular weight is 290 g/mol. The second-order valence-corrected chi connectivity index (χ2v) is 4.80. The van der Waals surface area contributed by atoms with Gasteiger partial charge >= 0.3 is 0 Å². The number of benzene rings is 1. The van der Waals surface area contributed by atoms with Gasteiger partial charge in [0.15, 0.2) is 0 Å². The fourth-order valence-corrected chi connectivity index (χ4v) is 2.10. The van der Waals surface area contributed by atoms with Gasteiger partial charge in [-0.1, -0.05) is 41.9 Å². The average Bonchev–Trinajstić information content (AvgIpc) is 2.47. The van der Waals surface area contributed by atoms with Gasteiger partial charge in [-0.25, -0.2) is 4.98 Å². The minimum Gasteiger partial charge on any atom is -0.384 e. The van der Waals surface area contributed by atoms with E-state index in [1.807, 2.05) is 37.3 Å². The summed E-state index contributed by atoms with van der Waals surface area (Å²) in [7, 11) is 0. The molecule has 5 heteroatoms. The minimum absolute atomic E-state index is 0.143. The van der Waals surface area contributed by atoms with Crippen molar-refractivity contribution in [3.8, 4) is 0 Å². The highest BCUT2D eigenvalue weighted by Crippen LogP contribution is 2.19. The summed E-state index contributed by atoms with van der Waals surface area (Å²) in [5.41, 5.74) is 7.08. The van der Waals surface area contributed by atoms with Gasteiger partial charge in [0, 0.05) is 19.3 Å². The van der Waals surface area contributed by atoms with Crippen LogP contribution in [0.25, 0.3) is 0 Å². The Balaban J connectivity index is 2.23. The third-order valence-corrected chi connectivity index (χ3v) is 3.29. The number of halogens is 1. The van der Waals surface area contributed by atoms with E-state index >= 15 is 0 Å². The predicted octanol–water partition coefficient (Wildman–Crippen LogP) is 2.98. The second-order valence-electron chi connectivity index (χ2n) is 4.39. The van der Waals surface area contributed by atoms with Gasteiger partial charge in [-0.2, -0.15) is 0 Å². The minimum atomic E-state index is -0.143. The van der Waals surface area contributed by atoms with E-state index in [4.69, 9.17) is 17.3 Å². The van der Waals surface area contributed by atoms with Crippen LogP contribution in [0.15, 0.2) is 42.6 Å². The third kappa shape index (κ3) is 3.27. The summed E-state index contributed by atoms with van der Waals surface area (Å²) in [5.74, 6) is 0.143. The highest BCUT2D eigenvalue weighted by atomic mass is 35.5. The molecule has 1 aromatic carbocycles. The van der Waals surface area contributed by atoms with E-state index in [1.165, 1.54) is 12.3 Å². The summed E-state index contributed by atoms with van der Waals surface area (Å²) in [6.07, 6.45) is 1.40. The predicted molar refractivity (Wildman–Crippen MR) is 80.5 cm³/mol. The molecule has 0 aliphatic heterocycles. The summed E-state index contributed by atoms with van der Waals surface area (Å²) in [5, 5.41) is 0.315. The van der Waals surface area contributed by atoms with Crippen molar-refractivity contribution in [3.05, 3.63) is 58.7 Å². The van der Waals surface area contributed by atoms with Gasteiger partial charge < -0.3 is 10.6 Å². The molecule has 0 aliphatic carbocycles. The Hall–Kier alpha value is -2.07. The monoisotopic (exact) mass is 289 g/mol. The highest BCUT2D eigenvalue weighted by Gasteiger charge is 2.18. The molecular weight excluding hydrogens is 274 g/mol. The van der Waals surface area contributed by atoms with E-state index in [-0.39, 0.29) is 11.7 Å². The van der Waals surface area contributed by atoms with Gasteiger partial charge in [0.05, 0.1) is 10.6 Å². The van der Waals surface area contributed by atoms with E-state index in [2.05, 4.69) is 4.98 Å².